The Hall–Kier alpha value is -1.25. The largest absolute Gasteiger partial charge is 0.756 e. The lowest BCUT2D eigenvalue weighted by Gasteiger charge is -2.28. The van der Waals surface area contributed by atoms with Gasteiger partial charge in [0.1, 0.15) is 19.8 Å². The lowest BCUT2D eigenvalue weighted by molar-refractivity contribution is -0.870. The summed E-state index contributed by atoms with van der Waals surface area (Å²) in [6, 6.07) is 0. The van der Waals surface area contributed by atoms with Gasteiger partial charge in [-0.25, -0.2) is 0 Å². The zero-order valence-corrected chi connectivity index (χ0v) is 37.5. The lowest BCUT2D eigenvalue weighted by atomic mass is 10.0. The van der Waals surface area contributed by atoms with Crippen LogP contribution in [-0.4, -0.2) is 70.0 Å². The number of quaternary nitrogens is 1. The van der Waals surface area contributed by atoms with Crippen LogP contribution in [0.3, 0.4) is 0 Å². The van der Waals surface area contributed by atoms with Gasteiger partial charge in [0.2, 0.25) is 0 Å². The van der Waals surface area contributed by atoms with Crippen LogP contribution in [0.4, 0.5) is 0 Å². The average Bonchev–Trinajstić information content (AvgIpc) is 3.13. The molecule has 326 valence electrons. The molecule has 10 heteroatoms. The molecule has 0 fully saturated rings. The van der Waals surface area contributed by atoms with E-state index in [-0.39, 0.29) is 32.0 Å². The molecule has 0 spiro atoms. The summed E-state index contributed by atoms with van der Waals surface area (Å²) in [5, 5.41) is 0. The van der Waals surface area contributed by atoms with Crippen molar-refractivity contribution in [3.8, 4) is 0 Å². The van der Waals surface area contributed by atoms with Gasteiger partial charge >= 0.3 is 11.9 Å². The number of carbonyl (C=O) groups excluding carboxylic acids is 2. The Labute approximate surface area is 339 Å². The molecule has 0 aromatic rings. The molecule has 0 saturated heterocycles. The summed E-state index contributed by atoms with van der Waals surface area (Å²) in [5.74, 6) is -0.836. The third-order valence-electron chi connectivity index (χ3n) is 10.0. The van der Waals surface area contributed by atoms with Crippen LogP contribution in [0.2, 0.25) is 0 Å². The second kappa shape index (κ2) is 38.3. The van der Waals surface area contributed by atoms with Crippen molar-refractivity contribution in [3.05, 3.63) is 12.2 Å². The number of ether oxygens (including phenoxy) is 2. The maximum absolute atomic E-state index is 12.6. The minimum absolute atomic E-state index is 0.0279. The molecule has 0 aromatic carbocycles. The summed E-state index contributed by atoms with van der Waals surface area (Å²) < 4.78 is 33.7. The molecule has 0 rings (SSSR count). The van der Waals surface area contributed by atoms with E-state index in [4.69, 9.17) is 18.5 Å². The molecule has 0 heterocycles. The van der Waals surface area contributed by atoms with Gasteiger partial charge in [-0.2, -0.15) is 0 Å². The lowest BCUT2D eigenvalue weighted by Crippen LogP contribution is -2.37. The third-order valence-corrected chi connectivity index (χ3v) is 11.0. The Kier molecular flexibility index (Phi) is 37.4. The summed E-state index contributed by atoms with van der Waals surface area (Å²) >= 11 is 0. The summed E-state index contributed by atoms with van der Waals surface area (Å²) in [6.07, 6.45) is 40.0. The van der Waals surface area contributed by atoms with Gasteiger partial charge in [-0.1, -0.05) is 174 Å². The van der Waals surface area contributed by atoms with Crippen LogP contribution in [0.15, 0.2) is 12.2 Å². The highest BCUT2D eigenvalue weighted by atomic mass is 31.2. The van der Waals surface area contributed by atoms with E-state index in [1.54, 1.807) is 0 Å². The van der Waals surface area contributed by atoms with Crippen LogP contribution in [0.1, 0.15) is 213 Å². The normalized spacial score (nSPS) is 13.6. The number of phosphoric ester groups is 1. The molecule has 2 atom stereocenters. The highest BCUT2D eigenvalue weighted by Crippen LogP contribution is 2.38. The van der Waals surface area contributed by atoms with Gasteiger partial charge in [0.05, 0.1) is 27.7 Å². The van der Waals surface area contributed by atoms with E-state index in [2.05, 4.69) is 26.0 Å². The molecule has 0 saturated carbocycles. The predicted molar refractivity (Wildman–Crippen MR) is 227 cm³/mol. The summed E-state index contributed by atoms with van der Waals surface area (Å²) in [5.41, 5.74) is 0. The maximum atomic E-state index is 12.6. The van der Waals surface area contributed by atoms with Crippen molar-refractivity contribution in [3.63, 3.8) is 0 Å². The van der Waals surface area contributed by atoms with Crippen molar-refractivity contribution in [1.29, 1.82) is 0 Å². The van der Waals surface area contributed by atoms with Crippen molar-refractivity contribution in [2.24, 2.45) is 0 Å². The summed E-state index contributed by atoms with van der Waals surface area (Å²) in [6.45, 7) is 4.18. The molecular formula is C45H88NO8P. The highest BCUT2D eigenvalue weighted by molar-refractivity contribution is 7.45. The number of unbranched alkanes of at least 4 members (excludes halogenated alkanes) is 26. The number of likely N-dealkylation sites (N-methyl/N-ethyl adjacent to an activating group) is 1. The van der Waals surface area contributed by atoms with E-state index >= 15 is 0 Å². The molecule has 0 amide bonds. The number of esters is 2. The highest BCUT2D eigenvalue weighted by Gasteiger charge is 2.21. The number of hydrogen-bond acceptors (Lipinski definition) is 8. The van der Waals surface area contributed by atoms with Crippen LogP contribution in [0, 0.1) is 0 Å². The number of hydrogen-bond donors (Lipinski definition) is 0. The summed E-state index contributed by atoms with van der Waals surface area (Å²) in [4.78, 5) is 37.3. The first-order chi connectivity index (χ1) is 26.5. The van der Waals surface area contributed by atoms with Crippen molar-refractivity contribution in [2.45, 2.75) is 219 Å². The minimum Gasteiger partial charge on any atom is -0.756 e. The number of carbonyl (C=O) groups is 2. The number of rotatable bonds is 42. The Morgan fingerprint density at radius 2 is 0.927 bits per heavy atom. The molecule has 0 radical (unpaired) electrons. The molecule has 0 aliphatic heterocycles. The van der Waals surface area contributed by atoms with Crippen LogP contribution in [0.5, 0.6) is 0 Å². The molecule has 9 nitrogen and oxygen atoms in total. The van der Waals surface area contributed by atoms with Crippen LogP contribution < -0.4 is 4.89 Å². The Balaban J connectivity index is 4.04. The Morgan fingerprint density at radius 3 is 1.35 bits per heavy atom. The predicted octanol–water partition coefficient (Wildman–Crippen LogP) is 12.3. The van der Waals surface area contributed by atoms with Gasteiger partial charge in [0.15, 0.2) is 6.10 Å². The molecule has 0 aliphatic carbocycles. The summed E-state index contributed by atoms with van der Waals surface area (Å²) in [7, 11) is 1.17. The molecule has 55 heavy (non-hydrogen) atoms. The van der Waals surface area contributed by atoms with Gasteiger partial charge in [-0.05, 0) is 38.5 Å². The van der Waals surface area contributed by atoms with Gasteiger partial charge in [0.25, 0.3) is 7.82 Å². The second-order valence-corrected chi connectivity index (χ2v) is 18.2. The first-order valence-corrected chi connectivity index (χ1v) is 24.4. The Morgan fingerprint density at radius 1 is 0.545 bits per heavy atom. The zero-order chi connectivity index (χ0) is 40.7. The first-order valence-electron chi connectivity index (χ1n) is 22.9. The molecule has 0 aliphatic rings. The average molecular weight is 802 g/mol. The Bertz CT molecular complexity index is 954. The van der Waals surface area contributed by atoms with Crippen LogP contribution >= 0.6 is 7.82 Å². The smallest absolute Gasteiger partial charge is 0.306 e. The van der Waals surface area contributed by atoms with Gasteiger partial charge in [-0.15, -0.1) is 0 Å². The van der Waals surface area contributed by atoms with Gasteiger partial charge < -0.3 is 27.9 Å². The number of phosphoric acid groups is 1. The molecule has 2 unspecified atom stereocenters. The number of nitrogens with zero attached hydrogens (tertiary/aromatic N) is 1. The zero-order valence-electron chi connectivity index (χ0n) is 36.6. The fourth-order valence-corrected chi connectivity index (χ4v) is 7.14. The van der Waals surface area contributed by atoms with Crippen molar-refractivity contribution in [1.82, 2.24) is 0 Å². The monoisotopic (exact) mass is 802 g/mol. The van der Waals surface area contributed by atoms with Crippen molar-refractivity contribution >= 4 is 19.8 Å². The maximum Gasteiger partial charge on any atom is 0.306 e. The topological polar surface area (TPSA) is 111 Å². The van der Waals surface area contributed by atoms with Crippen molar-refractivity contribution < 1.29 is 42.1 Å². The fraction of sp³-hybridized carbons (Fsp3) is 0.911. The van der Waals surface area contributed by atoms with E-state index in [1.807, 2.05) is 21.1 Å². The molecule has 0 bridgehead atoms. The standard InChI is InChI=1S/C45H88NO8P/c1-6-8-10-12-14-15-16-17-18-19-20-21-22-23-24-25-26-27-28-29-30-31-32-34-36-38-45(48)54-43(41-51-44(47)37-35-33-13-11-9-7-2)42-53-55(49,50)52-40-39-46(3,4)5/h19-20,43H,6-18,21-42H2,1-5H3/b20-19-. The van der Waals surface area contributed by atoms with Crippen LogP contribution in [0.25, 0.3) is 0 Å². The van der Waals surface area contributed by atoms with E-state index in [1.165, 1.54) is 141 Å². The van der Waals surface area contributed by atoms with Gasteiger partial charge in [0, 0.05) is 12.8 Å². The van der Waals surface area contributed by atoms with E-state index in [9.17, 15) is 19.0 Å². The molecular weight excluding hydrogens is 713 g/mol. The second-order valence-electron chi connectivity index (χ2n) is 16.8. The molecule has 0 aromatic heterocycles. The third kappa shape index (κ3) is 42.2. The fourth-order valence-electron chi connectivity index (χ4n) is 6.41. The number of allylic oxidation sites excluding steroid dienone is 2. The van der Waals surface area contributed by atoms with E-state index in [0.717, 1.165) is 38.5 Å². The van der Waals surface area contributed by atoms with E-state index in [0.29, 0.717) is 17.4 Å². The van der Waals surface area contributed by atoms with Crippen molar-refractivity contribution in [2.75, 3.05) is 47.5 Å². The van der Waals surface area contributed by atoms with E-state index < -0.39 is 26.5 Å². The molecule has 0 N–H and O–H groups in total. The van der Waals surface area contributed by atoms with Gasteiger partial charge in [-0.3, -0.25) is 14.2 Å². The van der Waals surface area contributed by atoms with Crippen LogP contribution in [-0.2, 0) is 32.7 Å². The SMILES string of the molecule is CCCCCCCCCC/C=C\CCCCCCCCCCCCCCCC(=O)OC(COC(=O)CCCCCCCC)COP(=O)([O-])OCC[N+](C)(C)C. The quantitative estimate of drug-likeness (QED) is 0.0197. The first kappa shape index (κ1) is 53.8. The minimum atomic E-state index is -4.61.